The zero-order valence-electron chi connectivity index (χ0n) is 15.7. The summed E-state index contributed by atoms with van der Waals surface area (Å²) >= 11 is 0. The Morgan fingerprint density at radius 2 is 1.42 bits per heavy atom. The van der Waals surface area contributed by atoms with E-state index in [1.54, 1.807) is 7.11 Å². The van der Waals surface area contributed by atoms with E-state index in [-0.39, 0.29) is 0 Å². The van der Waals surface area contributed by atoms with Crippen LogP contribution in [0.3, 0.4) is 0 Å². The van der Waals surface area contributed by atoms with E-state index in [1.165, 1.54) is 87.0 Å². The molecule has 0 saturated heterocycles. The maximum absolute atomic E-state index is 5.43. The van der Waals surface area contributed by atoms with Crippen molar-refractivity contribution in [3.63, 3.8) is 0 Å². The first-order chi connectivity index (χ1) is 11.8. The summed E-state index contributed by atoms with van der Waals surface area (Å²) in [5.41, 5.74) is 1.45. The Morgan fingerprint density at radius 1 is 0.750 bits per heavy atom. The molecule has 2 rings (SSSR count). The molecule has 0 atom stereocenters. The number of rotatable bonds is 12. The predicted octanol–water partition coefficient (Wildman–Crippen LogP) is 7.31. The lowest BCUT2D eigenvalue weighted by molar-refractivity contribution is 0.420. The van der Waals surface area contributed by atoms with Gasteiger partial charge in [-0.15, -0.1) is 0 Å². The lowest BCUT2D eigenvalue weighted by atomic mass is 10.0. The van der Waals surface area contributed by atoms with Gasteiger partial charge in [-0.1, -0.05) is 95.0 Å². The van der Waals surface area contributed by atoms with Gasteiger partial charge >= 0.3 is 0 Å². The van der Waals surface area contributed by atoms with E-state index in [1.807, 2.05) is 6.07 Å². The van der Waals surface area contributed by atoms with E-state index in [0.717, 1.165) is 5.75 Å². The molecule has 0 bridgehead atoms. The van der Waals surface area contributed by atoms with Gasteiger partial charge in [-0.05, 0) is 29.9 Å². The quantitative estimate of drug-likeness (QED) is 0.371. The van der Waals surface area contributed by atoms with Gasteiger partial charge in [-0.2, -0.15) is 0 Å². The fourth-order valence-electron chi connectivity index (χ4n) is 3.45. The molecule has 0 saturated carbocycles. The van der Waals surface area contributed by atoms with Crippen molar-refractivity contribution in [3.05, 3.63) is 42.0 Å². The minimum absolute atomic E-state index is 0.970. The van der Waals surface area contributed by atoms with Crippen molar-refractivity contribution in [1.29, 1.82) is 0 Å². The predicted molar refractivity (Wildman–Crippen MR) is 106 cm³/mol. The van der Waals surface area contributed by atoms with Crippen LogP contribution in [0.4, 0.5) is 0 Å². The largest absolute Gasteiger partial charge is 0.496 e. The van der Waals surface area contributed by atoms with Crippen LogP contribution in [-0.4, -0.2) is 7.11 Å². The molecular formula is C23H34O. The van der Waals surface area contributed by atoms with Crippen LogP contribution in [-0.2, 0) is 6.42 Å². The second-order valence-corrected chi connectivity index (χ2v) is 6.95. The number of hydrogen-bond donors (Lipinski definition) is 0. The van der Waals surface area contributed by atoms with Gasteiger partial charge in [0.15, 0.2) is 0 Å². The van der Waals surface area contributed by atoms with E-state index < -0.39 is 0 Å². The van der Waals surface area contributed by atoms with Crippen molar-refractivity contribution in [2.45, 2.75) is 77.6 Å². The molecular weight excluding hydrogens is 292 g/mol. The molecule has 24 heavy (non-hydrogen) atoms. The summed E-state index contributed by atoms with van der Waals surface area (Å²) in [5.74, 6) is 0.970. The zero-order valence-corrected chi connectivity index (χ0v) is 15.7. The highest BCUT2D eigenvalue weighted by molar-refractivity contribution is 5.88. The lowest BCUT2D eigenvalue weighted by Crippen LogP contribution is -1.89. The first-order valence-corrected chi connectivity index (χ1v) is 9.91. The Bertz CT molecular complexity index is 588. The number of methoxy groups -OCH3 is 1. The normalized spacial score (nSPS) is 11.1. The molecule has 0 spiro atoms. The summed E-state index contributed by atoms with van der Waals surface area (Å²) in [6.45, 7) is 2.28. The summed E-state index contributed by atoms with van der Waals surface area (Å²) in [7, 11) is 1.74. The molecule has 2 aromatic carbocycles. The molecule has 0 unspecified atom stereocenters. The van der Waals surface area contributed by atoms with Crippen LogP contribution < -0.4 is 4.74 Å². The third-order valence-electron chi connectivity index (χ3n) is 4.94. The van der Waals surface area contributed by atoms with Crippen molar-refractivity contribution in [3.8, 4) is 5.75 Å². The second-order valence-electron chi connectivity index (χ2n) is 6.95. The summed E-state index contributed by atoms with van der Waals surface area (Å²) in [6.07, 6.45) is 15.2. The molecule has 1 nitrogen and oxygen atoms in total. The second kappa shape index (κ2) is 11.1. The van der Waals surface area contributed by atoms with E-state index >= 15 is 0 Å². The van der Waals surface area contributed by atoms with Gasteiger partial charge in [0.2, 0.25) is 0 Å². The smallest absolute Gasteiger partial charge is 0.126 e. The Balaban J connectivity index is 1.63. The van der Waals surface area contributed by atoms with Crippen molar-refractivity contribution in [2.24, 2.45) is 0 Å². The fourth-order valence-corrected chi connectivity index (χ4v) is 3.45. The Labute approximate surface area is 148 Å². The van der Waals surface area contributed by atoms with Gasteiger partial charge in [0.25, 0.3) is 0 Å². The van der Waals surface area contributed by atoms with Crippen LogP contribution in [0.1, 0.15) is 76.7 Å². The van der Waals surface area contributed by atoms with Crippen molar-refractivity contribution >= 4 is 10.8 Å². The highest BCUT2D eigenvalue weighted by Crippen LogP contribution is 2.26. The molecule has 0 aromatic heterocycles. The highest BCUT2D eigenvalue weighted by Gasteiger charge is 2.02. The average molecular weight is 327 g/mol. The third kappa shape index (κ3) is 6.19. The van der Waals surface area contributed by atoms with E-state index in [9.17, 15) is 0 Å². The molecule has 0 radical (unpaired) electrons. The molecule has 0 aliphatic rings. The number of fused-ring (bicyclic) bond motifs is 1. The molecule has 2 aromatic rings. The van der Waals surface area contributed by atoms with Gasteiger partial charge < -0.3 is 4.74 Å². The Hall–Kier alpha value is -1.50. The van der Waals surface area contributed by atoms with Crippen LogP contribution in [0.15, 0.2) is 36.4 Å². The number of benzene rings is 2. The summed E-state index contributed by atoms with van der Waals surface area (Å²) in [6, 6.07) is 13.1. The standard InChI is InChI=1S/C23H34O/c1-3-4-5-6-7-8-9-10-11-12-14-20-17-18-22-21(19-20)15-13-16-23(22)24-2/h13,15-19H,3-12,14H2,1-2H3. The SMILES string of the molecule is CCCCCCCCCCCCc1ccc2c(OC)cccc2c1. The maximum atomic E-state index is 5.43. The fraction of sp³-hybridized carbons (Fsp3) is 0.565. The molecule has 0 aliphatic carbocycles. The first-order valence-electron chi connectivity index (χ1n) is 9.91. The van der Waals surface area contributed by atoms with Crippen molar-refractivity contribution in [1.82, 2.24) is 0 Å². The average Bonchev–Trinajstić information content (AvgIpc) is 2.62. The topological polar surface area (TPSA) is 9.23 Å². The first kappa shape index (κ1) is 18.8. The maximum Gasteiger partial charge on any atom is 0.126 e. The molecule has 0 aliphatic heterocycles. The third-order valence-corrected chi connectivity index (χ3v) is 4.94. The molecule has 0 N–H and O–H groups in total. The Morgan fingerprint density at radius 3 is 2.08 bits per heavy atom. The van der Waals surface area contributed by atoms with Gasteiger partial charge in [-0.25, -0.2) is 0 Å². The number of hydrogen-bond acceptors (Lipinski definition) is 1. The molecule has 1 heteroatoms. The molecule has 132 valence electrons. The van der Waals surface area contributed by atoms with Crippen LogP contribution in [0.5, 0.6) is 5.75 Å². The van der Waals surface area contributed by atoms with Crippen molar-refractivity contribution < 1.29 is 4.74 Å². The van der Waals surface area contributed by atoms with Gasteiger partial charge in [0, 0.05) is 5.39 Å². The molecule has 0 amide bonds. The monoisotopic (exact) mass is 326 g/mol. The number of unbranched alkanes of at least 4 members (excludes halogenated alkanes) is 9. The number of ether oxygens (including phenoxy) is 1. The van der Waals surface area contributed by atoms with Gasteiger partial charge in [0.05, 0.1) is 7.11 Å². The van der Waals surface area contributed by atoms with E-state index in [4.69, 9.17) is 4.74 Å². The van der Waals surface area contributed by atoms with Crippen LogP contribution >= 0.6 is 0 Å². The minimum atomic E-state index is 0.970. The summed E-state index contributed by atoms with van der Waals surface area (Å²) in [5, 5.41) is 2.51. The van der Waals surface area contributed by atoms with E-state index in [2.05, 4.69) is 37.3 Å². The zero-order chi connectivity index (χ0) is 17.0. The van der Waals surface area contributed by atoms with Gasteiger partial charge in [0.1, 0.15) is 5.75 Å². The van der Waals surface area contributed by atoms with E-state index in [0.29, 0.717) is 0 Å². The highest BCUT2D eigenvalue weighted by atomic mass is 16.5. The lowest BCUT2D eigenvalue weighted by Gasteiger charge is -2.07. The van der Waals surface area contributed by atoms with Crippen LogP contribution in [0, 0.1) is 0 Å². The summed E-state index contributed by atoms with van der Waals surface area (Å²) < 4.78 is 5.43. The van der Waals surface area contributed by atoms with Gasteiger partial charge in [-0.3, -0.25) is 0 Å². The summed E-state index contributed by atoms with van der Waals surface area (Å²) in [4.78, 5) is 0. The molecule has 0 fully saturated rings. The van der Waals surface area contributed by atoms with Crippen LogP contribution in [0.25, 0.3) is 10.8 Å². The molecule has 0 heterocycles. The number of aryl methyl sites for hydroxylation is 1. The van der Waals surface area contributed by atoms with Crippen molar-refractivity contribution in [2.75, 3.05) is 7.11 Å². The minimum Gasteiger partial charge on any atom is -0.496 e. The van der Waals surface area contributed by atoms with Crippen LogP contribution in [0.2, 0.25) is 0 Å². The Kier molecular flexibility index (Phi) is 8.73.